The summed E-state index contributed by atoms with van der Waals surface area (Å²) < 4.78 is 61.7. The zero-order chi connectivity index (χ0) is 24.9. The van der Waals surface area contributed by atoms with Crippen LogP contribution >= 0.6 is 0 Å². The molecule has 0 atom stereocenters. The Morgan fingerprint density at radius 1 is 0.676 bits per heavy atom. The molecule has 3 rings (SSSR count). The molecule has 34 heavy (non-hydrogen) atoms. The van der Waals surface area contributed by atoms with Crippen molar-refractivity contribution in [3.05, 3.63) is 78.4 Å². The summed E-state index contributed by atoms with van der Waals surface area (Å²) >= 11 is 0. The SMILES string of the molecule is CC(C)=CCOc1ccc(-c2ccc(-c3ccc(OS(C)(=O)=O)cc3)cc2)cc1OS(C)(=O)=O. The standard InChI is InChI=1S/C25H26O7S2/c1-18(2)15-16-30-24-14-11-22(17-25(24)32-34(4,28)29)21-7-5-19(6-8-21)20-9-12-23(13-10-20)31-33(3,26)27/h5-15,17H,16H2,1-4H3. The Hall–Kier alpha value is -3.30. The van der Waals surface area contributed by atoms with Crippen LogP contribution in [0.2, 0.25) is 0 Å². The smallest absolute Gasteiger partial charge is 0.306 e. The highest BCUT2D eigenvalue weighted by Gasteiger charge is 2.13. The number of ether oxygens (including phenoxy) is 1. The van der Waals surface area contributed by atoms with Crippen LogP contribution in [0.15, 0.2) is 78.4 Å². The van der Waals surface area contributed by atoms with Crippen LogP contribution in [0.25, 0.3) is 22.3 Å². The van der Waals surface area contributed by atoms with E-state index in [2.05, 4.69) is 0 Å². The van der Waals surface area contributed by atoms with Crippen molar-refractivity contribution in [1.29, 1.82) is 0 Å². The van der Waals surface area contributed by atoms with Crippen LogP contribution in [0.4, 0.5) is 0 Å². The number of rotatable bonds is 9. The highest BCUT2D eigenvalue weighted by Crippen LogP contribution is 2.34. The summed E-state index contributed by atoms with van der Waals surface area (Å²) in [6.07, 6.45) is 3.87. The van der Waals surface area contributed by atoms with Crippen LogP contribution < -0.4 is 13.1 Å². The first-order valence-corrected chi connectivity index (χ1v) is 13.9. The number of allylic oxidation sites excluding steroid dienone is 1. The molecule has 0 saturated carbocycles. The van der Waals surface area contributed by atoms with Crippen LogP contribution in [0.1, 0.15) is 13.8 Å². The first-order valence-electron chi connectivity index (χ1n) is 10.3. The Kier molecular flexibility index (Phi) is 7.68. The van der Waals surface area contributed by atoms with E-state index in [1.54, 1.807) is 36.4 Å². The van der Waals surface area contributed by atoms with Crippen molar-refractivity contribution in [3.63, 3.8) is 0 Å². The lowest BCUT2D eigenvalue weighted by atomic mass is 10.00. The van der Waals surface area contributed by atoms with Crippen molar-refractivity contribution in [2.45, 2.75) is 13.8 Å². The molecule has 3 aromatic rings. The summed E-state index contributed by atoms with van der Waals surface area (Å²) in [5, 5.41) is 0. The van der Waals surface area contributed by atoms with E-state index in [9.17, 15) is 16.8 Å². The Labute approximate surface area is 200 Å². The molecule has 0 heterocycles. The van der Waals surface area contributed by atoms with Crippen LogP contribution in [0, 0.1) is 0 Å². The van der Waals surface area contributed by atoms with Gasteiger partial charge in [-0.1, -0.05) is 48.0 Å². The Morgan fingerprint density at radius 2 is 1.15 bits per heavy atom. The van der Waals surface area contributed by atoms with Gasteiger partial charge in [0.05, 0.1) is 12.5 Å². The normalized spacial score (nSPS) is 11.5. The van der Waals surface area contributed by atoms with E-state index < -0.39 is 20.2 Å². The minimum absolute atomic E-state index is 0.118. The van der Waals surface area contributed by atoms with Gasteiger partial charge in [-0.05, 0) is 66.4 Å². The highest BCUT2D eigenvalue weighted by molar-refractivity contribution is 7.86. The summed E-state index contributed by atoms with van der Waals surface area (Å²) in [4.78, 5) is 0. The summed E-state index contributed by atoms with van der Waals surface area (Å²) in [6.45, 7) is 4.19. The van der Waals surface area contributed by atoms with Crippen LogP contribution in [0.5, 0.6) is 17.2 Å². The molecule has 0 saturated heterocycles. The Balaban J connectivity index is 1.85. The topological polar surface area (TPSA) is 96.0 Å². The van der Waals surface area contributed by atoms with Crippen molar-refractivity contribution in [3.8, 4) is 39.5 Å². The van der Waals surface area contributed by atoms with Gasteiger partial charge in [-0.3, -0.25) is 0 Å². The van der Waals surface area contributed by atoms with E-state index in [1.165, 1.54) is 0 Å². The van der Waals surface area contributed by atoms with Gasteiger partial charge in [0.2, 0.25) is 0 Å². The molecule has 0 bridgehead atoms. The fourth-order valence-electron chi connectivity index (χ4n) is 3.07. The summed E-state index contributed by atoms with van der Waals surface area (Å²) in [5.74, 6) is 0.695. The van der Waals surface area contributed by atoms with Gasteiger partial charge in [0.25, 0.3) is 0 Å². The van der Waals surface area contributed by atoms with Gasteiger partial charge < -0.3 is 13.1 Å². The minimum atomic E-state index is -3.74. The molecule has 0 aliphatic heterocycles. The monoisotopic (exact) mass is 502 g/mol. The Bertz CT molecular complexity index is 1380. The Morgan fingerprint density at radius 3 is 1.65 bits per heavy atom. The predicted octanol–water partition coefficient (Wildman–Crippen LogP) is 5.04. The summed E-state index contributed by atoms with van der Waals surface area (Å²) in [6, 6.07) is 19.5. The molecule has 0 aliphatic rings. The third kappa shape index (κ3) is 7.64. The maximum Gasteiger partial charge on any atom is 0.306 e. The number of hydrogen-bond donors (Lipinski definition) is 0. The molecule has 3 aromatic carbocycles. The molecule has 0 N–H and O–H groups in total. The van der Waals surface area contributed by atoms with Crippen LogP contribution in [0.3, 0.4) is 0 Å². The van der Waals surface area contributed by atoms with Crippen molar-refractivity contribution in [2.75, 3.05) is 19.1 Å². The van der Waals surface area contributed by atoms with Crippen molar-refractivity contribution < 1.29 is 29.9 Å². The summed E-state index contributed by atoms with van der Waals surface area (Å²) in [7, 11) is -7.32. The fourth-order valence-corrected chi connectivity index (χ4v) is 3.98. The third-order valence-corrected chi connectivity index (χ3v) is 5.55. The van der Waals surface area contributed by atoms with E-state index in [4.69, 9.17) is 13.1 Å². The molecular weight excluding hydrogens is 476 g/mol. The molecule has 9 heteroatoms. The zero-order valence-electron chi connectivity index (χ0n) is 19.3. The maximum absolute atomic E-state index is 11.8. The molecule has 0 fully saturated rings. The van der Waals surface area contributed by atoms with E-state index in [0.29, 0.717) is 12.4 Å². The largest absolute Gasteiger partial charge is 0.486 e. The molecule has 0 unspecified atom stereocenters. The molecule has 0 aromatic heterocycles. The lowest BCUT2D eigenvalue weighted by Gasteiger charge is -2.13. The van der Waals surface area contributed by atoms with Crippen molar-refractivity contribution in [1.82, 2.24) is 0 Å². The average Bonchev–Trinajstić information content (AvgIpc) is 2.73. The van der Waals surface area contributed by atoms with Gasteiger partial charge in [0.1, 0.15) is 12.4 Å². The van der Waals surface area contributed by atoms with Gasteiger partial charge in [-0.15, -0.1) is 0 Å². The highest BCUT2D eigenvalue weighted by atomic mass is 32.2. The van der Waals surface area contributed by atoms with E-state index in [0.717, 1.165) is 40.3 Å². The quantitative estimate of drug-likeness (QED) is 0.299. The molecule has 0 amide bonds. The fraction of sp³-hybridized carbons (Fsp3) is 0.200. The molecule has 180 valence electrons. The van der Waals surface area contributed by atoms with Gasteiger partial charge in [-0.2, -0.15) is 16.8 Å². The second-order valence-electron chi connectivity index (χ2n) is 7.93. The summed E-state index contributed by atoms with van der Waals surface area (Å²) in [5.41, 5.74) is 4.51. The van der Waals surface area contributed by atoms with Gasteiger partial charge in [-0.25, -0.2) is 0 Å². The van der Waals surface area contributed by atoms with Gasteiger partial charge >= 0.3 is 20.2 Å². The zero-order valence-corrected chi connectivity index (χ0v) is 20.9. The molecule has 0 spiro atoms. The van der Waals surface area contributed by atoms with Crippen LogP contribution in [-0.2, 0) is 20.2 Å². The second-order valence-corrected chi connectivity index (χ2v) is 11.1. The van der Waals surface area contributed by atoms with E-state index in [1.807, 2.05) is 50.3 Å². The third-order valence-electron chi connectivity index (χ3n) is 4.57. The molecule has 0 radical (unpaired) electrons. The van der Waals surface area contributed by atoms with Gasteiger partial charge in [0, 0.05) is 0 Å². The average molecular weight is 503 g/mol. The maximum atomic E-state index is 11.8. The second kappa shape index (κ2) is 10.3. The van der Waals surface area contributed by atoms with Gasteiger partial charge in [0.15, 0.2) is 11.5 Å². The minimum Gasteiger partial charge on any atom is -0.486 e. The van der Waals surface area contributed by atoms with Crippen LogP contribution in [-0.4, -0.2) is 36.0 Å². The van der Waals surface area contributed by atoms with Crippen molar-refractivity contribution in [2.24, 2.45) is 0 Å². The van der Waals surface area contributed by atoms with Crippen molar-refractivity contribution >= 4 is 20.2 Å². The molecule has 7 nitrogen and oxygen atoms in total. The first-order chi connectivity index (χ1) is 15.9. The van der Waals surface area contributed by atoms with E-state index in [-0.39, 0.29) is 11.5 Å². The number of benzene rings is 3. The molecular formula is C25H26O7S2. The lowest BCUT2D eigenvalue weighted by Crippen LogP contribution is -2.07. The first kappa shape index (κ1) is 25.3. The van der Waals surface area contributed by atoms with E-state index >= 15 is 0 Å². The predicted molar refractivity (Wildman–Crippen MR) is 133 cm³/mol. The lowest BCUT2D eigenvalue weighted by molar-refractivity contribution is 0.347. The number of hydrogen-bond acceptors (Lipinski definition) is 7. The molecule has 0 aliphatic carbocycles.